The highest BCUT2D eigenvalue weighted by Crippen LogP contribution is 2.24. The molecule has 0 bridgehead atoms. The summed E-state index contributed by atoms with van der Waals surface area (Å²) in [4.78, 5) is 35.4. The molecule has 0 saturated heterocycles. The van der Waals surface area contributed by atoms with Crippen molar-refractivity contribution in [2.75, 3.05) is 5.32 Å². The number of anilines is 1. The molecule has 1 N–H and O–H groups in total. The van der Waals surface area contributed by atoms with Crippen LogP contribution in [0.1, 0.15) is 36.7 Å². The van der Waals surface area contributed by atoms with Crippen molar-refractivity contribution in [2.45, 2.75) is 33.3 Å². The number of hydrogen-bond acceptors (Lipinski definition) is 5. The Hall–Kier alpha value is -3.41. The number of nitrogens with one attached hydrogen (secondary N) is 1. The van der Waals surface area contributed by atoms with Gasteiger partial charge < -0.3 is 14.5 Å². The lowest BCUT2D eigenvalue weighted by Crippen LogP contribution is -2.30. The number of carbonyl (C=O) groups is 2. The lowest BCUT2D eigenvalue weighted by atomic mass is 10.1. The van der Waals surface area contributed by atoms with E-state index in [0.717, 1.165) is 10.9 Å². The van der Waals surface area contributed by atoms with Gasteiger partial charge in [0.2, 0.25) is 0 Å². The summed E-state index contributed by atoms with van der Waals surface area (Å²) in [6, 6.07) is 13.3. The quantitative estimate of drug-likeness (QED) is 0.517. The van der Waals surface area contributed by atoms with E-state index in [1.165, 1.54) is 13.0 Å². The summed E-state index contributed by atoms with van der Waals surface area (Å²) >= 11 is 0. The van der Waals surface area contributed by atoms with Crippen LogP contribution in [0.2, 0.25) is 0 Å². The predicted molar refractivity (Wildman–Crippen MR) is 107 cm³/mol. The van der Waals surface area contributed by atoms with Gasteiger partial charge in [0.15, 0.2) is 11.9 Å². The molecule has 6 nitrogen and oxygen atoms in total. The van der Waals surface area contributed by atoms with E-state index in [0.29, 0.717) is 29.0 Å². The molecule has 1 heterocycles. The minimum atomic E-state index is -0.772. The van der Waals surface area contributed by atoms with Gasteiger partial charge in [0.25, 0.3) is 5.91 Å². The zero-order valence-corrected chi connectivity index (χ0v) is 15.9. The first-order valence-electron chi connectivity index (χ1n) is 9.02. The predicted octanol–water partition coefficient (Wildman–Crippen LogP) is 3.96. The van der Waals surface area contributed by atoms with Gasteiger partial charge in [-0.25, -0.2) is 4.79 Å². The zero-order valence-electron chi connectivity index (χ0n) is 15.9. The second-order valence-electron chi connectivity index (χ2n) is 6.49. The largest absolute Gasteiger partial charge is 0.481 e. The smallest absolute Gasteiger partial charge is 0.336 e. The van der Waals surface area contributed by atoms with Crippen molar-refractivity contribution >= 4 is 28.3 Å². The number of amides is 1. The molecule has 0 spiro atoms. The Bertz CT molecular complexity index is 1080. The van der Waals surface area contributed by atoms with Crippen LogP contribution in [0.15, 0.2) is 57.7 Å². The SMILES string of the molecule is CCc1cc(=O)oc2cc(OC(C)C(=O)Nc3ccc(C(C)=O)cc3)ccc12. The van der Waals surface area contributed by atoms with Gasteiger partial charge in [-0.1, -0.05) is 6.92 Å². The van der Waals surface area contributed by atoms with Gasteiger partial charge in [-0.3, -0.25) is 9.59 Å². The molecule has 3 aromatic rings. The van der Waals surface area contributed by atoms with Gasteiger partial charge in [0.05, 0.1) is 0 Å². The first-order chi connectivity index (χ1) is 13.4. The van der Waals surface area contributed by atoms with E-state index in [9.17, 15) is 14.4 Å². The third-order valence-corrected chi connectivity index (χ3v) is 4.42. The number of Topliss-reactive ketones (excluding diaryl/α,β-unsaturated/α-hetero) is 1. The number of hydrogen-bond donors (Lipinski definition) is 1. The van der Waals surface area contributed by atoms with Gasteiger partial charge in [-0.2, -0.15) is 0 Å². The van der Waals surface area contributed by atoms with Crippen LogP contribution in [0, 0.1) is 0 Å². The Morgan fingerprint density at radius 2 is 1.82 bits per heavy atom. The third-order valence-electron chi connectivity index (χ3n) is 4.42. The van der Waals surface area contributed by atoms with Crippen molar-refractivity contribution in [3.8, 4) is 5.75 Å². The molecule has 28 heavy (non-hydrogen) atoms. The van der Waals surface area contributed by atoms with Crippen LogP contribution in [-0.2, 0) is 11.2 Å². The minimum absolute atomic E-state index is 0.0382. The van der Waals surface area contributed by atoms with Crippen LogP contribution in [0.4, 0.5) is 5.69 Å². The fourth-order valence-corrected chi connectivity index (χ4v) is 2.87. The number of benzene rings is 2. The Morgan fingerprint density at radius 1 is 1.11 bits per heavy atom. The van der Waals surface area contributed by atoms with Crippen LogP contribution in [0.25, 0.3) is 11.0 Å². The van der Waals surface area contributed by atoms with Crippen LogP contribution in [-0.4, -0.2) is 17.8 Å². The molecule has 1 atom stereocenters. The Morgan fingerprint density at radius 3 is 2.46 bits per heavy atom. The van der Waals surface area contributed by atoms with Crippen LogP contribution in [0.5, 0.6) is 5.75 Å². The number of aryl methyl sites for hydroxylation is 1. The lowest BCUT2D eigenvalue weighted by Gasteiger charge is -2.15. The summed E-state index contributed by atoms with van der Waals surface area (Å²) in [6.45, 7) is 5.08. The molecule has 0 aliphatic heterocycles. The van der Waals surface area contributed by atoms with Crippen LogP contribution >= 0.6 is 0 Å². The standard InChI is InChI=1S/C22H21NO5/c1-4-15-11-21(25)28-20-12-18(9-10-19(15)20)27-14(3)22(26)23-17-7-5-16(6-8-17)13(2)24/h5-12,14H,4H2,1-3H3,(H,23,26). The summed E-state index contributed by atoms with van der Waals surface area (Å²) in [6.07, 6.45) is -0.0604. The maximum absolute atomic E-state index is 12.4. The zero-order chi connectivity index (χ0) is 20.3. The highest BCUT2D eigenvalue weighted by Gasteiger charge is 2.16. The lowest BCUT2D eigenvalue weighted by molar-refractivity contribution is -0.122. The monoisotopic (exact) mass is 379 g/mol. The molecular weight excluding hydrogens is 358 g/mol. The summed E-state index contributed by atoms with van der Waals surface area (Å²) in [5, 5.41) is 3.59. The molecule has 0 saturated carbocycles. The number of ether oxygens (including phenoxy) is 1. The summed E-state index contributed by atoms with van der Waals surface area (Å²) in [5.41, 5.74) is 2.06. The first-order valence-corrected chi connectivity index (χ1v) is 9.02. The van der Waals surface area contributed by atoms with Crippen molar-refractivity contribution in [3.05, 3.63) is 70.1 Å². The molecule has 0 fully saturated rings. The molecular formula is C22H21NO5. The topological polar surface area (TPSA) is 85.6 Å². The summed E-state index contributed by atoms with van der Waals surface area (Å²) in [5.74, 6) is 0.0571. The first kappa shape index (κ1) is 19.4. The van der Waals surface area contributed by atoms with E-state index < -0.39 is 11.7 Å². The maximum atomic E-state index is 12.4. The summed E-state index contributed by atoms with van der Waals surface area (Å²) < 4.78 is 11.0. The second-order valence-corrected chi connectivity index (χ2v) is 6.49. The van der Waals surface area contributed by atoms with Gasteiger partial charge in [-0.05, 0) is 62.2 Å². The van der Waals surface area contributed by atoms with Crippen molar-refractivity contribution in [1.82, 2.24) is 0 Å². The minimum Gasteiger partial charge on any atom is -0.481 e. The second kappa shape index (κ2) is 8.08. The normalized spacial score (nSPS) is 11.8. The van der Waals surface area contributed by atoms with E-state index >= 15 is 0 Å². The molecule has 144 valence electrons. The molecule has 3 rings (SSSR count). The number of rotatable bonds is 6. The van der Waals surface area contributed by atoms with Gasteiger partial charge >= 0.3 is 5.63 Å². The van der Waals surface area contributed by atoms with Crippen molar-refractivity contribution in [1.29, 1.82) is 0 Å². The molecule has 2 aromatic carbocycles. The molecule has 1 unspecified atom stereocenters. The molecule has 1 amide bonds. The van der Waals surface area contributed by atoms with Crippen LogP contribution in [0.3, 0.4) is 0 Å². The Balaban J connectivity index is 1.72. The van der Waals surface area contributed by atoms with E-state index in [1.807, 2.05) is 13.0 Å². The van der Waals surface area contributed by atoms with Crippen molar-refractivity contribution < 1.29 is 18.7 Å². The van der Waals surface area contributed by atoms with Gasteiger partial charge in [0, 0.05) is 28.8 Å². The van der Waals surface area contributed by atoms with E-state index in [-0.39, 0.29) is 11.7 Å². The Labute approximate surface area is 162 Å². The average Bonchev–Trinajstić information content (AvgIpc) is 2.67. The van der Waals surface area contributed by atoms with E-state index in [1.54, 1.807) is 43.3 Å². The fourth-order valence-electron chi connectivity index (χ4n) is 2.87. The average molecular weight is 379 g/mol. The Kier molecular flexibility index (Phi) is 5.59. The van der Waals surface area contributed by atoms with E-state index in [4.69, 9.17) is 9.15 Å². The van der Waals surface area contributed by atoms with Gasteiger partial charge in [0.1, 0.15) is 11.3 Å². The van der Waals surface area contributed by atoms with Crippen molar-refractivity contribution in [2.24, 2.45) is 0 Å². The third kappa shape index (κ3) is 4.28. The number of carbonyl (C=O) groups excluding carboxylic acids is 2. The van der Waals surface area contributed by atoms with Crippen LogP contribution < -0.4 is 15.7 Å². The number of ketones is 1. The molecule has 6 heteroatoms. The maximum Gasteiger partial charge on any atom is 0.336 e. The summed E-state index contributed by atoms with van der Waals surface area (Å²) in [7, 11) is 0. The molecule has 0 aliphatic carbocycles. The van der Waals surface area contributed by atoms with E-state index in [2.05, 4.69) is 5.32 Å². The van der Waals surface area contributed by atoms with Crippen molar-refractivity contribution in [3.63, 3.8) is 0 Å². The molecule has 0 radical (unpaired) electrons. The highest BCUT2D eigenvalue weighted by atomic mass is 16.5. The fraction of sp³-hybridized carbons (Fsp3) is 0.227. The number of fused-ring (bicyclic) bond motifs is 1. The van der Waals surface area contributed by atoms with Gasteiger partial charge in [-0.15, -0.1) is 0 Å². The molecule has 0 aliphatic rings. The highest BCUT2D eigenvalue weighted by molar-refractivity contribution is 5.96. The molecule has 1 aromatic heterocycles.